The van der Waals surface area contributed by atoms with Gasteiger partial charge in [0.1, 0.15) is 17.3 Å². The molecular weight excluding hydrogens is 332 g/mol. The van der Waals surface area contributed by atoms with Crippen molar-refractivity contribution in [3.05, 3.63) is 72.4 Å². The van der Waals surface area contributed by atoms with E-state index >= 15 is 0 Å². The minimum atomic E-state index is -0.265. The first-order valence-electron chi connectivity index (χ1n) is 8.40. The van der Waals surface area contributed by atoms with Crippen molar-refractivity contribution in [2.24, 2.45) is 0 Å². The van der Waals surface area contributed by atoms with Crippen LogP contribution in [0.15, 0.2) is 69.7 Å². The molecule has 2 aromatic heterocycles. The maximum Gasteiger partial charge on any atom is 0.239 e. The lowest BCUT2D eigenvalue weighted by Crippen LogP contribution is -2.36. The van der Waals surface area contributed by atoms with Crippen LogP contribution >= 0.6 is 0 Å². The highest BCUT2D eigenvalue weighted by Gasteiger charge is 2.09. The lowest BCUT2D eigenvalue weighted by atomic mass is 10.2. The van der Waals surface area contributed by atoms with E-state index in [1.54, 1.807) is 18.4 Å². The molecule has 6 heteroatoms. The summed E-state index contributed by atoms with van der Waals surface area (Å²) in [6.45, 7) is 0.239. The first-order chi connectivity index (χ1) is 12.7. The Hall–Kier alpha value is -3.28. The zero-order valence-corrected chi connectivity index (χ0v) is 14.2. The first kappa shape index (κ1) is 17.5. The largest absolute Gasteiger partial charge is 0.467 e. The highest BCUT2D eigenvalue weighted by atomic mass is 16.3. The predicted octanol–water partition coefficient (Wildman–Crippen LogP) is 2.90. The zero-order chi connectivity index (χ0) is 18.2. The lowest BCUT2D eigenvalue weighted by molar-refractivity contribution is -0.126. The highest BCUT2D eigenvalue weighted by molar-refractivity contribution is 5.84. The molecule has 2 heterocycles. The monoisotopic (exact) mass is 352 g/mol. The molecule has 0 aliphatic carbocycles. The van der Waals surface area contributed by atoms with Gasteiger partial charge in [0.2, 0.25) is 11.8 Å². The van der Waals surface area contributed by atoms with Crippen LogP contribution in [-0.4, -0.2) is 18.4 Å². The van der Waals surface area contributed by atoms with Gasteiger partial charge in [-0.2, -0.15) is 0 Å². The highest BCUT2D eigenvalue weighted by Crippen LogP contribution is 2.22. The number of rotatable bonds is 8. The molecule has 0 saturated heterocycles. The molecule has 6 nitrogen and oxygen atoms in total. The van der Waals surface area contributed by atoms with Gasteiger partial charge in [-0.25, -0.2) is 0 Å². The second kappa shape index (κ2) is 8.71. The first-order valence-corrected chi connectivity index (χ1v) is 8.40. The standard InChI is InChI=1S/C20H20N2O4/c23-19(22-14-20(24)21-13-17-7-4-12-25-17)11-9-16-8-10-18(26-16)15-5-2-1-3-6-15/h1-8,10,12H,9,11,13-14H2,(H,21,24)(H,22,23). The van der Waals surface area contributed by atoms with Gasteiger partial charge in [-0.3, -0.25) is 9.59 Å². The van der Waals surface area contributed by atoms with Gasteiger partial charge in [0.05, 0.1) is 19.4 Å². The van der Waals surface area contributed by atoms with E-state index in [1.165, 1.54) is 0 Å². The Morgan fingerprint density at radius 2 is 1.69 bits per heavy atom. The number of hydrogen-bond donors (Lipinski definition) is 2. The number of carbonyl (C=O) groups is 2. The van der Waals surface area contributed by atoms with Gasteiger partial charge in [0.25, 0.3) is 0 Å². The van der Waals surface area contributed by atoms with Crippen molar-refractivity contribution in [2.45, 2.75) is 19.4 Å². The predicted molar refractivity (Wildman–Crippen MR) is 96.0 cm³/mol. The third-order valence-electron chi connectivity index (χ3n) is 3.80. The molecule has 2 amide bonds. The fourth-order valence-electron chi connectivity index (χ4n) is 2.44. The Bertz CT molecular complexity index is 838. The zero-order valence-electron chi connectivity index (χ0n) is 14.2. The van der Waals surface area contributed by atoms with Crippen LogP contribution in [0.3, 0.4) is 0 Å². The van der Waals surface area contributed by atoms with Crippen molar-refractivity contribution < 1.29 is 18.4 Å². The molecule has 0 atom stereocenters. The molecule has 0 aliphatic rings. The fraction of sp³-hybridized carbons (Fsp3) is 0.200. The molecule has 26 heavy (non-hydrogen) atoms. The summed E-state index contributed by atoms with van der Waals surface area (Å²) in [5.74, 6) is 1.71. The number of aryl methyl sites for hydroxylation is 1. The quantitative estimate of drug-likeness (QED) is 0.653. The summed E-state index contributed by atoms with van der Waals surface area (Å²) in [7, 11) is 0. The molecule has 1 aromatic carbocycles. The van der Waals surface area contributed by atoms with Crippen LogP contribution in [0.25, 0.3) is 11.3 Å². The summed E-state index contributed by atoms with van der Waals surface area (Å²) in [5, 5.41) is 5.27. The number of carbonyl (C=O) groups excluding carboxylic acids is 2. The van der Waals surface area contributed by atoms with Gasteiger partial charge in [-0.05, 0) is 24.3 Å². The Kier molecular flexibility index (Phi) is 5.88. The van der Waals surface area contributed by atoms with Crippen LogP contribution in [0.1, 0.15) is 17.9 Å². The van der Waals surface area contributed by atoms with Gasteiger partial charge in [-0.15, -0.1) is 0 Å². The third-order valence-corrected chi connectivity index (χ3v) is 3.80. The van der Waals surface area contributed by atoms with E-state index in [9.17, 15) is 9.59 Å². The summed E-state index contributed by atoms with van der Waals surface area (Å²) in [6, 6.07) is 17.1. The van der Waals surface area contributed by atoms with E-state index in [2.05, 4.69) is 10.6 Å². The SMILES string of the molecule is O=C(CCc1ccc(-c2ccccc2)o1)NCC(=O)NCc1ccco1. The van der Waals surface area contributed by atoms with Gasteiger partial charge in [0, 0.05) is 18.4 Å². The van der Waals surface area contributed by atoms with Crippen LogP contribution in [0, 0.1) is 0 Å². The Morgan fingerprint density at radius 3 is 2.46 bits per heavy atom. The van der Waals surface area contributed by atoms with Gasteiger partial charge in [0.15, 0.2) is 0 Å². The van der Waals surface area contributed by atoms with E-state index in [0.717, 1.165) is 17.1 Å². The number of amides is 2. The normalized spacial score (nSPS) is 10.5. The molecule has 3 aromatic rings. The van der Waals surface area contributed by atoms with Crippen LogP contribution in [0.5, 0.6) is 0 Å². The molecule has 3 rings (SSSR count). The molecule has 2 N–H and O–H groups in total. The minimum Gasteiger partial charge on any atom is -0.467 e. The summed E-state index contributed by atoms with van der Waals surface area (Å²) in [4.78, 5) is 23.6. The Morgan fingerprint density at radius 1 is 0.846 bits per heavy atom. The maximum atomic E-state index is 11.9. The van der Waals surface area contributed by atoms with Crippen LogP contribution < -0.4 is 10.6 Å². The van der Waals surface area contributed by atoms with E-state index < -0.39 is 0 Å². The number of nitrogens with one attached hydrogen (secondary N) is 2. The minimum absolute atomic E-state index is 0.0625. The van der Waals surface area contributed by atoms with Crippen molar-refractivity contribution in [1.29, 1.82) is 0 Å². The van der Waals surface area contributed by atoms with Crippen molar-refractivity contribution >= 4 is 11.8 Å². The van der Waals surface area contributed by atoms with Gasteiger partial charge >= 0.3 is 0 Å². The average molecular weight is 352 g/mol. The number of benzene rings is 1. The molecule has 0 unspecified atom stereocenters. The van der Waals surface area contributed by atoms with Crippen molar-refractivity contribution in [2.75, 3.05) is 6.54 Å². The van der Waals surface area contributed by atoms with Gasteiger partial charge in [-0.1, -0.05) is 30.3 Å². The van der Waals surface area contributed by atoms with Crippen molar-refractivity contribution in [3.63, 3.8) is 0 Å². The fourth-order valence-corrected chi connectivity index (χ4v) is 2.44. The lowest BCUT2D eigenvalue weighted by Gasteiger charge is -2.05. The van der Waals surface area contributed by atoms with E-state index in [4.69, 9.17) is 8.83 Å². The molecule has 0 fully saturated rings. The maximum absolute atomic E-state index is 11.9. The molecule has 0 bridgehead atoms. The van der Waals surface area contributed by atoms with Crippen molar-refractivity contribution in [1.82, 2.24) is 10.6 Å². The van der Waals surface area contributed by atoms with Crippen molar-refractivity contribution in [3.8, 4) is 11.3 Å². The number of furan rings is 2. The van der Waals surface area contributed by atoms with E-state index in [-0.39, 0.29) is 24.8 Å². The Labute approximate surface area is 151 Å². The summed E-state index contributed by atoms with van der Waals surface area (Å²) in [6.07, 6.45) is 2.28. The van der Waals surface area contributed by atoms with Gasteiger partial charge < -0.3 is 19.5 Å². The van der Waals surface area contributed by atoms with E-state index in [1.807, 2.05) is 42.5 Å². The molecule has 0 spiro atoms. The molecule has 0 radical (unpaired) electrons. The molecule has 134 valence electrons. The second-order valence-electron chi connectivity index (χ2n) is 5.76. The van der Waals surface area contributed by atoms with Crippen LogP contribution in [0.4, 0.5) is 0 Å². The third kappa shape index (κ3) is 5.11. The van der Waals surface area contributed by atoms with Crippen LogP contribution in [-0.2, 0) is 22.6 Å². The molecule has 0 saturated carbocycles. The molecular formula is C20H20N2O4. The molecule has 0 aliphatic heterocycles. The average Bonchev–Trinajstić information content (AvgIpc) is 3.35. The summed E-state index contributed by atoms with van der Waals surface area (Å²) >= 11 is 0. The number of hydrogen-bond acceptors (Lipinski definition) is 4. The van der Waals surface area contributed by atoms with E-state index in [0.29, 0.717) is 18.7 Å². The second-order valence-corrected chi connectivity index (χ2v) is 5.76. The van der Waals surface area contributed by atoms with Crippen LogP contribution in [0.2, 0.25) is 0 Å². The summed E-state index contributed by atoms with van der Waals surface area (Å²) < 4.78 is 10.9. The smallest absolute Gasteiger partial charge is 0.239 e. The Balaban J connectivity index is 1.37. The summed E-state index contributed by atoms with van der Waals surface area (Å²) in [5.41, 5.74) is 0.997. The topological polar surface area (TPSA) is 84.5 Å².